The van der Waals surface area contributed by atoms with Gasteiger partial charge in [0.15, 0.2) is 5.82 Å². The van der Waals surface area contributed by atoms with Gasteiger partial charge in [-0.05, 0) is 26.8 Å². The summed E-state index contributed by atoms with van der Waals surface area (Å²) in [5, 5.41) is 19.5. The van der Waals surface area contributed by atoms with Gasteiger partial charge in [-0.3, -0.25) is 9.78 Å². The number of rotatable bonds is 5. The highest BCUT2D eigenvalue weighted by molar-refractivity contribution is 5.99. The van der Waals surface area contributed by atoms with E-state index in [2.05, 4.69) is 36.2 Å². The largest absolute Gasteiger partial charge is 0.385 e. The number of carbonyl (C=O) groups is 1. The number of nitrogens with one attached hydrogen (secondary N) is 3. The number of aromatic nitrogens is 5. The molecule has 1 amide bonds. The third-order valence-electron chi connectivity index (χ3n) is 2.75. The molecule has 0 fully saturated rings. The Bertz CT molecular complexity index is 581. The van der Waals surface area contributed by atoms with Gasteiger partial charge in [0.05, 0.1) is 17.3 Å². The van der Waals surface area contributed by atoms with Gasteiger partial charge < -0.3 is 10.6 Å². The van der Waals surface area contributed by atoms with E-state index in [0.717, 1.165) is 17.9 Å². The average Bonchev–Trinajstić information content (AvgIpc) is 2.93. The van der Waals surface area contributed by atoms with Crippen molar-refractivity contribution in [1.29, 1.82) is 0 Å². The minimum Gasteiger partial charge on any atom is -0.385 e. The van der Waals surface area contributed by atoms with E-state index < -0.39 is 0 Å². The van der Waals surface area contributed by atoms with Crippen LogP contribution in [0, 0.1) is 6.92 Å². The summed E-state index contributed by atoms with van der Waals surface area (Å²) < 4.78 is 0. The fourth-order valence-corrected chi connectivity index (χ4v) is 1.77. The first-order valence-corrected chi connectivity index (χ1v) is 6.36. The average molecular weight is 275 g/mol. The smallest absolute Gasteiger partial charge is 0.255 e. The van der Waals surface area contributed by atoms with Crippen molar-refractivity contribution in [1.82, 2.24) is 30.9 Å². The van der Waals surface area contributed by atoms with Crippen LogP contribution in [0.5, 0.6) is 0 Å². The standard InChI is InChI=1S/C12H17N7O/c1-4-13-10-5-7(2)14-6-9(10)12(20)15-8(3)11-16-18-19-17-11/h5-6,8H,4H2,1-3H3,(H,13,14)(H,15,20)(H,16,17,18,19). The van der Waals surface area contributed by atoms with Crippen LogP contribution in [0.15, 0.2) is 12.3 Å². The molecule has 2 heterocycles. The molecule has 0 aromatic carbocycles. The molecule has 1 unspecified atom stereocenters. The molecule has 2 aromatic rings. The fraction of sp³-hybridized carbons (Fsp3) is 0.417. The van der Waals surface area contributed by atoms with Crippen molar-refractivity contribution in [2.75, 3.05) is 11.9 Å². The lowest BCUT2D eigenvalue weighted by Gasteiger charge is -2.13. The topological polar surface area (TPSA) is 108 Å². The summed E-state index contributed by atoms with van der Waals surface area (Å²) in [6, 6.07) is 1.51. The Morgan fingerprint density at radius 1 is 1.50 bits per heavy atom. The summed E-state index contributed by atoms with van der Waals surface area (Å²) >= 11 is 0. The number of hydrogen-bond donors (Lipinski definition) is 3. The lowest BCUT2D eigenvalue weighted by molar-refractivity contribution is 0.0938. The van der Waals surface area contributed by atoms with Crippen molar-refractivity contribution in [3.63, 3.8) is 0 Å². The van der Waals surface area contributed by atoms with Crippen LogP contribution in [-0.4, -0.2) is 38.1 Å². The number of H-pyrrole nitrogens is 1. The molecule has 0 radical (unpaired) electrons. The highest BCUT2D eigenvalue weighted by Crippen LogP contribution is 2.16. The van der Waals surface area contributed by atoms with Crippen molar-refractivity contribution in [3.05, 3.63) is 29.3 Å². The zero-order valence-corrected chi connectivity index (χ0v) is 11.6. The number of pyridine rings is 1. The van der Waals surface area contributed by atoms with Crippen LogP contribution in [0.2, 0.25) is 0 Å². The molecule has 8 heteroatoms. The van der Waals surface area contributed by atoms with E-state index in [1.807, 2.05) is 19.9 Å². The van der Waals surface area contributed by atoms with E-state index in [9.17, 15) is 4.79 Å². The van der Waals surface area contributed by atoms with Crippen molar-refractivity contribution in [2.45, 2.75) is 26.8 Å². The van der Waals surface area contributed by atoms with Crippen LogP contribution >= 0.6 is 0 Å². The first kappa shape index (κ1) is 13.9. The third kappa shape index (κ3) is 3.08. The maximum Gasteiger partial charge on any atom is 0.255 e. The number of aryl methyl sites for hydroxylation is 1. The highest BCUT2D eigenvalue weighted by atomic mass is 16.1. The molecule has 0 saturated carbocycles. The Hall–Kier alpha value is -2.51. The van der Waals surface area contributed by atoms with Gasteiger partial charge in [0.1, 0.15) is 0 Å². The third-order valence-corrected chi connectivity index (χ3v) is 2.75. The number of hydrogen-bond acceptors (Lipinski definition) is 6. The molecule has 0 aliphatic rings. The van der Waals surface area contributed by atoms with Gasteiger partial charge in [0, 0.05) is 18.4 Å². The summed E-state index contributed by atoms with van der Waals surface area (Å²) in [5.74, 6) is 0.203. The summed E-state index contributed by atoms with van der Waals surface area (Å²) in [6.07, 6.45) is 1.56. The number of tetrazole rings is 1. The minimum absolute atomic E-state index is 0.231. The van der Waals surface area contributed by atoms with E-state index in [1.54, 1.807) is 13.1 Å². The minimum atomic E-state index is -0.336. The number of aromatic amines is 1. The Morgan fingerprint density at radius 3 is 2.95 bits per heavy atom. The Labute approximate surface area is 116 Å². The van der Waals surface area contributed by atoms with E-state index in [-0.39, 0.29) is 11.9 Å². The summed E-state index contributed by atoms with van der Waals surface area (Å²) in [6.45, 7) is 6.37. The molecule has 0 spiro atoms. The lowest BCUT2D eigenvalue weighted by Crippen LogP contribution is -2.28. The summed E-state index contributed by atoms with van der Waals surface area (Å²) in [4.78, 5) is 16.4. The number of amides is 1. The van der Waals surface area contributed by atoms with Gasteiger partial charge in [-0.2, -0.15) is 5.21 Å². The highest BCUT2D eigenvalue weighted by Gasteiger charge is 2.17. The number of nitrogens with zero attached hydrogens (tertiary/aromatic N) is 4. The molecule has 20 heavy (non-hydrogen) atoms. The molecule has 3 N–H and O–H groups in total. The Kier molecular flexibility index (Phi) is 4.24. The fourth-order valence-electron chi connectivity index (χ4n) is 1.77. The number of carbonyl (C=O) groups excluding carboxylic acids is 1. The van der Waals surface area contributed by atoms with Crippen LogP contribution in [0.25, 0.3) is 0 Å². The van der Waals surface area contributed by atoms with Crippen molar-refractivity contribution >= 4 is 11.6 Å². The van der Waals surface area contributed by atoms with Crippen molar-refractivity contribution in [3.8, 4) is 0 Å². The second-order valence-electron chi connectivity index (χ2n) is 4.37. The monoisotopic (exact) mass is 275 g/mol. The molecule has 0 aliphatic carbocycles. The molecule has 0 aliphatic heterocycles. The summed E-state index contributed by atoms with van der Waals surface area (Å²) in [5.41, 5.74) is 2.11. The van der Waals surface area contributed by atoms with Gasteiger partial charge >= 0.3 is 0 Å². The molecular formula is C12H17N7O. The summed E-state index contributed by atoms with van der Waals surface area (Å²) in [7, 11) is 0. The number of anilines is 1. The second kappa shape index (κ2) is 6.09. The molecule has 1 atom stereocenters. The second-order valence-corrected chi connectivity index (χ2v) is 4.37. The van der Waals surface area contributed by atoms with Gasteiger partial charge in [-0.15, -0.1) is 10.2 Å². The quantitative estimate of drug-likeness (QED) is 0.745. The first-order valence-electron chi connectivity index (χ1n) is 6.36. The van der Waals surface area contributed by atoms with E-state index in [1.165, 1.54) is 0 Å². The normalized spacial score (nSPS) is 11.9. The molecule has 106 valence electrons. The SMILES string of the molecule is CCNc1cc(C)ncc1C(=O)NC(C)c1nn[nH]n1. The van der Waals surface area contributed by atoms with Gasteiger partial charge in [0.25, 0.3) is 5.91 Å². The van der Waals surface area contributed by atoms with Crippen LogP contribution < -0.4 is 10.6 Å². The molecule has 2 rings (SSSR count). The van der Waals surface area contributed by atoms with Gasteiger partial charge in [-0.1, -0.05) is 5.21 Å². The van der Waals surface area contributed by atoms with Gasteiger partial charge in [-0.25, -0.2) is 0 Å². The molecule has 8 nitrogen and oxygen atoms in total. The van der Waals surface area contributed by atoms with Gasteiger partial charge in [0.2, 0.25) is 0 Å². The Balaban J connectivity index is 2.16. The maximum atomic E-state index is 12.3. The molecule has 2 aromatic heterocycles. The van der Waals surface area contributed by atoms with E-state index in [0.29, 0.717) is 11.4 Å². The van der Waals surface area contributed by atoms with E-state index >= 15 is 0 Å². The molecular weight excluding hydrogens is 258 g/mol. The Morgan fingerprint density at radius 2 is 2.30 bits per heavy atom. The zero-order valence-electron chi connectivity index (χ0n) is 11.6. The van der Waals surface area contributed by atoms with Crippen LogP contribution in [0.4, 0.5) is 5.69 Å². The zero-order chi connectivity index (χ0) is 14.5. The van der Waals surface area contributed by atoms with Crippen LogP contribution in [0.1, 0.15) is 41.8 Å². The molecule has 0 saturated heterocycles. The first-order chi connectivity index (χ1) is 9.61. The maximum absolute atomic E-state index is 12.3. The van der Waals surface area contributed by atoms with Crippen LogP contribution in [0.3, 0.4) is 0 Å². The van der Waals surface area contributed by atoms with Crippen molar-refractivity contribution in [2.24, 2.45) is 0 Å². The van der Waals surface area contributed by atoms with Crippen LogP contribution in [-0.2, 0) is 0 Å². The van der Waals surface area contributed by atoms with Crippen molar-refractivity contribution < 1.29 is 4.79 Å². The van der Waals surface area contributed by atoms with E-state index in [4.69, 9.17) is 0 Å². The predicted octanol–water partition coefficient (Wildman–Crippen LogP) is 0.826. The molecule has 0 bridgehead atoms. The lowest BCUT2D eigenvalue weighted by atomic mass is 10.1. The predicted molar refractivity (Wildman–Crippen MR) is 73.2 cm³/mol.